The Bertz CT molecular complexity index is 954. The summed E-state index contributed by atoms with van der Waals surface area (Å²) in [5.41, 5.74) is 1.08. The van der Waals surface area contributed by atoms with E-state index < -0.39 is 6.04 Å². The Hall–Kier alpha value is -2.22. The van der Waals surface area contributed by atoms with Crippen molar-refractivity contribution in [3.05, 3.63) is 68.3 Å². The third-order valence-corrected chi connectivity index (χ3v) is 6.05. The summed E-state index contributed by atoms with van der Waals surface area (Å²) in [5, 5.41) is 8.67. The van der Waals surface area contributed by atoms with Gasteiger partial charge >= 0.3 is 0 Å². The summed E-state index contributed by atoms with van der Waals surface area (Å²) >= 11 is 8.78. The van der Waals surface area contributed by atoms with E-state index in [0.717, 1.165) is 10.4 Å². The van der Waals surface area contributed by atoms with Gasteiger partial charge in [0.2, 0.25) is 5.91 Å². The van der Waals surface area contributed by atoms with Gasteiger partial charge in [-0.1, -0.05) is 43.6 Å². The number of aromatic nitrogens is 1. The first-order valence-electron chi connectivity index (χ1n) is 8.76. The molecule has 0 aliphatic rings. The Balaban J connectivity index is 1.63. The molecule has 2 amide bonds. The molecule has 1 atom stereocenters. The maximum absolute atomic E-state index is 12.7. The molecule has 0 aliphatic carbocycles. The van der Waals surface area contributed by atoms with E-state index in [0.29, 0.717) is 21.5 Å². The molecule has 3 aromatic rings. The fourth-order valence-corrected chi connectivity index (χ4v) is 4.32. The number of benzene rings is 1. The Kier molecular flexibility index (Phi) is 6.83. The monoisotopic (exact) mass is 433 g/mol. The van der Waals surface area contributed by atoms with Crippen molar-refractivity contribution in [2.45, 2.75) is 26.3 Å². The number of carbonyl (C=O) groups is 2. The van der Waals surface area contributed by atoms with Crippen LogP contribution in [-0.2, 0) is 11.2 Å². The number of thiazole rings is 1. The number of halogens is 1. The summed E-state index contributed by atoms with van der Waals surface area (Å²) < 4.78 is 0. The van der Waals surface area contributed by atoms with Crippen LogP contribution in [0.2, 0.25) is 5.02 Å². The van der Waals surface area contributed by atoms with Gasteiger partial charge in [0.15, 0.2) is 5.13 Å². The molecule has 0 saturated carbocycles. The Morgan fingerprint density at radius 2 is 2.04 bits per heavy atom. The van der Waals surface area contributed by atoms with E-state index in [1.807, 2.05) is 43.5 Å². The van der Waals surface area contributed by atoms with E-state index in [2.05, 4.69) is 15.6 Å². The minimum atomic E-state index is -0.644. The van der Waals surface area contributed by atoms with Gasteiger partial charge in [0, 0.05) is 22.5 Å². The molecule has 0 saturated heterocycles. The van der Waals surface area contributed by atoms with Crippen molar-refractivity contribution >= 4 is 51.2 Å². The summed E-state index contributed by atoms with van der Waals surface area (Å²) in [7, 11) is 0. The Morgan fingerprint density at radius 3 is 2.71 bits per heavy atom. The molecule has 1 aromatic carbocycles. The molecule has 28 heavy (non-hydrogen) atoms. The molecule has 0 radical (unpaired) electrons. The van der Waals surface area contributed by atoms with Crippen molar-refractivity contribution in [3.63, 3.8) is 0 Å². The van der Waals surface area contributed by atoms with E-state index >= 15 is 0 Å². The van der Waals surface area contributed by atoms with E-state index in [9.17, 15) is 9.59 Å². The van der Waals surface area contributed by atoms with Crippen LogP contribution in [-0.4, -0.2) is 22.8 Å². The lowest BCUT2D eigenvalue weighted by Crippen LogP contribution is -2.46. The number of hydrogen-bond donors (Lipinski definition) is 2. The van der Waals surface area contributed by atoms with E-state index in [4.69, 9.17) is 11.6 Å². The lowest BCUT2D eigenvalue weighted by atomic mass is 10.0. The smallest absolute Gasteiger partial charge is 0.262 e. The highest BCUT2D eigenvalue weighted by molar-refractivity contribution is 7.15. The third kappa shape index (κ3) is 5.41. The van der Waals surface area contributed by atoms with Crippen LogP contribution in [0, 0.1) is 5.92 Å². The van der Waals surface area contributed by atoms with Gasteiger partial charge in [0.05, 0.1) is 4.88 Å². The lowest BCUT2D eigenvalue weighted by molar-refractivity contribution is -0.118. The maximum atomic E-state index is 12.7. The van der Waals surface area contributed by atoms with Crippen LogP contribution < -0.4 is 10.6 Å². The van der Waals surface area contributed by atoms with Gasteiger partial charge in [0.1, 0.15) is 6.04 Å². The van der Waals surface area contributed by atoms with Crippen LogP contribution in [0.15, 0.2) is 48.0 Å². The molecule has 2 N–H and O–H groups in total. The normalized spacial score (nSPS) is 12.0. The van der Waals surface area contributed by atoms with Crippen molar-refractivity contribution in [2.24, 2.45) is 5.92 Å². The zero-order chi connectivity index (χ0) is 20.1. The van der Waals surface area contributed by atoms with Crippen molar-refractivity contribution in [3.8, 4) is 0 Å². The molecular formula is C20H20ClN3O2S2. The summed E-state index contributed by atoms with van der Waals surface area (Å²) in [5.74, 6) is -0.581. The average Bonchev–Trinajstić information content (AvgIpc) is 3.31. The zero-order valence-electron chi connectivity index (χ0n) is 15.4. The number of hydrogen-bond acceptors (Lipinski definition) is 5. The quantitative estimate of drug-likeness (QED) is 0.559. The average molecular weight is 434 g/mol. The first-order valence-corrected chi connectivity index (χ1v) is 10.8. The highest BCUT2D eigenvalue weighted by atomic mass is 35.5. The maximum Gasteiger partial charge on any atom is 0.262 e. The summed E-state index contributed by atoms with van der Waals surface area (Å²) in [6, 6.07) is 10.5. The van der Waals surface area contributed by atoms with Gasteiger partial charge in [-0.15, -0.1) is 22.7 Å². The summed E-state index contributed by atoms with van der Waals surface area (Å²) in [6.07, 6.45) is 2.44. The Labute approximate surface area is 176 Å². The molecule has 2 aromatic heterocycles. The van der Waals surface area contributed by atoms with Gasteiger partial charge in [-0.2, -0.15) is 0 Å². The predicted octanol–water partition coefficient (Wildman–Crippen LogP) is 4.84. The van der Waals surface area contributed by atoms with Crippen LogP contribution in [0.5, 0.6) is 0 Å². The standard InChI is InChI=1S/C20H20ClN3O2S2/c1-12(2)17(23-18(25)16-7-4-8-27-16)19(26)24-20-22-11-15(28-20)10-13-5-3-6-14(21)9-13/h3-9,11-12,17H,10H2,1-2H3,(H,23,25)(H,22,24,26). The van der Waals surface area contributed by atoms with Crippen LogP contribution in [0.4, 0.5) is 5.13 Å². The SMILES string of the molecule is CC(C)C(NC(=O)c1cccs1)C(=O)Nc1ncc(Cc2cccc(Cl)c2)s1. The number of nitrogens with zero attached hydrogens (tertiary/aromatic N) is 1. The Morgan fingerprint density at radius 1 is 1.21 bits per heavy atom. The minimum absolute atomic E-state index is 0.0604. The first kappa shape index (κ1) is 20.5. The summed E-state index contributed by atoms with van der Waals surface area (Å²) in [4.78, 5) is 30.9. The van der Waals surface area contributed by atoms with Crippen LogP contribution in [0.1, 0.15) is 34.0 Å². The summed E-state index contributed by atoms with van der Waals surface area (Å²) in [6.45, 7) is 3.79. The molecule has 8 heteroatoms. The van der Waals surface area contributed by atoms with Crippen LogP contribution >= 0.6 is 34.3 Å². The number of amides is 2. The predicted molar refractivity (Wildman–Crippen MR) is 115 cm³/mol. The fraction of sp³-hybridized carbons (Fsp3) is 0.250. The van der Waals surface area contributed by atoms with Gasteiger partial charge in [-0.25, -0.2) is 4.98 Å². The van der Waals surface area contributed by atoms with Crippen molar-refractivity contribution in [2.75, 3.05) is 5.32 Å². The molecule has 0 fully saturated rings. The number of carbonyl (C=O) groups excluding carboxylic acids is 2. The second kappa shape index (κ2) is 9.32. The molecule has 3 rings (SSSR count). The van der Waals surface area contributed by atoms with E-state index in [1.165, 1.54) is 22.7 Å². The molecule has 0 aliphatic heterocycles. The number of nitrogens with one attached hydrogen (secondary N) is 2. The lowest BCUT2D eigenvalue weighted by Gasteiger charge is -2.20. The van der Waals surface area contributed by atoms with Crippen molar-refractivity contribution < 1.29 is 9.59 Å². The third-order valence-electron chi connectivity index (χ3n) is 4.03. The second-order valence-electron chi connectivity index (χ2n) is 6.60. The molecule has 5 nitrogen and oxygen atoms in total. The van der Waals surface area contributed by atoms with E-state index in [1.54, 1.807) is 18.3 Å². The van der Waals surface area contributed by atoms with Gasteiger partial charge in [-0.05, 0) is 35.1 Å². The number of anilines is 1. The largest absolute Gasteiger partial charge is 0.339 e. The fourth-order valence-electron chi connectivity index (χ4n) is 2.63. The second-order valence-corrected chi connectivity index (χ2v) is 9.10. The molecule has 146 valence electrons. The van der Waals surface area contributed by atoms with Crippen molar-refractivity contribution in [1.29, 1.82) is 0 Å². The van der Waals surface area contributed by atoms with Gasteiger partial charge < -0.3 is 10.6 Å². The molecule has 0 spiro atoms. The van der Waals surface area contributed by atoms with Gasteiger partial charge in [0.25, 0.3) is 5.91 Å². The van der Waals surface area contributed by atoms with Crippen molar-refractivity contribution in [1.82, 2.24) is 10.3 Å². The first-order chi connectivity index (χ1) is 13.4. The molecular weight excluding hydrogens is 414 g/mol. The highest BCUT2D eigenvalue weighted by Crippen LogP contribution is 2.23. The number of rotatable bonds is 7. The highest BCUT2D eigenvalue weighted by Gasteiger charge is 2.25. The topological polar surface area (TPSA) is 71.1 Å². The van der Waals surface area contributed by atoms with Gasteiger partial charge in [-0.3, -0.25) is 9.59 Å². The number of thiophene rings is 1. The zero-order valence-corrected chi connectivity index (χ0v) is 17.8. The van der Waals surface area contributed by atoms with Crippen LogP contribution in [0.25, 0.3) is 0 Å². The molecule has 2 heterocycles. The minimum Gasteiger partial charge on any atom is -0.339 e. The van der Waals surface area contributed by atoms with Crippen LogP contribution in [0.3, 0.4) is 0 Å². The van der Waals surface area contributed by atoms with E-state index in [-0.39, 0.29) is 17.7 Å². The molecule has 1 unspecified atom stereocenters. The molecule has 0 bridgehead atoms.